The van der Waals surface area contributed by atoms with Crippen molar-refractivity contribution in [3.63, 3.8) is 0 Å². The minimum Gasteiger partial charge on any atom is -0.481 e. The van der Waals surface area contributed by atoms with Crippen molar-refractivity contribution in [1.29, 1.82) is 0 Å². The van der Waals surface area contributed by atoms with E-state index >= 15 is 0 Å². The molecule has 1 amide bonds. The number of carbonyl (C=O) groups excluding carboxylic acids is 1. The minimum absolute atomic E-state index is 0.00255. The number of carboxylic acid groups (broad SMARTS) is 1. The summed E-state index contributed by atoms with van der Waals surface area (Å²) >= 11 is 0. The van der Waals surface area contributed by atoms with Crippen LogP contribution in [0.4, 0.5) is 17.2 Å². The third kappa shape index (κ3) is 6.61. The van der Waals surface area contributed by atoms with Crippen LogP contribution < -0.4 is 15.5 Å². The lowest BCUT2D eigenvalue weighted by Gasteiger charge is -2.37. The van der Waals surface area contributed by atoms with E-state index in [2.05, 4.69) is 38.0 Å². The Labute approximate surface area is 251 Å². The zero-order chi connectivity index (χ0) is 29.8. The number of hydrogen-bond donors (Lipinski definition) is 2. The van der Waals surface area contributed by atoms with Gasteiger partial charge in [0.1, 0.15) is 5.82 Å². The van der Waals surface area contributed by atoms with Gasteiger partial charge in [-0.25, -0.2) is 4.98 Å². The molecule has 2 aromatic heterocycles. The van der Waals surface area contributed by atoms with E-state index < -0.39 is 12.0 Å². The van der Waals surface area contributed by atoms with Crippen molar-refractivity contribution >= 4 is 29.1 Å². The Morgan fingerprint density at radius 2 is 1.70 bits per heavy atom. The molecule has 2 fully saturated rings. The number of carboxylic acids is 1. The summed E-state index contributed by atoms with van der Waals surface area (Å²) in [5.41, 5.74) is 12.0. The standard InChI is InChI=1S/C34H36N6O3/c35-29-20-27(11-12-30(29)38-15-17-39(18-16-38)32-8-1-2-14-37-32)26-6-3-5-24(19-26)23-40(34(43)25-9-10-25)31(21-33(41)42)28-7-4-13-36-22-28/h1-8,11-14,19-20,22,25,31H,9-10,15-18,21,23,35H2,(H,41,42). The first-order chi connectivity index (χ1) is 21.0. The number of amides is 1. The SMILES string of the molecule is Nc1cc(-c2cccc(CN(C(=O)C3CC3)C(CC(=O)O)c3cccnc3)c2)ccc1N1CCN(c2ccccn2)CC1. The molecule has 1 aliphatic carbocycles. The Balaban J connectivity index is 1.20. The van der Waals surface area contributed by atoms with Gasteiger partial charge in [-0.1, -0.05) is 36.4 Å². The molecule has 3 heterocycles. The molecule has 9 nitrogen and oxygen atoms in total. The van der Waals surface area contributed by atoms with Gasteiger partial charge in [0, 0.05) is 57.2 Å². The highest BCUT2D eigenvalue weighted by Gasteiger charge is 2.37. The van der Waals surface area contributed by atoms with Gasteiger partial charge in [0.15, 0.2) is 0 Å². The van der Waals surface area contributed by atoms with Gasteiger partial charge in [-0.2, -0.15) is 0 Å². The number of nitrogens with zero attached hydrogens (tertiary/aromatic N) is 5. The molecule has 1 atom stereocenters. The average molecular weight is 577 g/mol. The number of aromatic nitrogens is 2. The topological polar surface area (TPSA) is 116 Å². The fraction of sp³-hybridized carbons (Fsp3) is 0.294. The first kappa shape index (κ1) is 28.2. The lowest BCUT2D eigenvalue weighted by Crippen LogP contribution is -2.47. The van der Waals surface area contributed by atoms with Crippen LogP contribution in [-0.4, -0.2) is 58.0 Å². The second kappa shape index (κ2) is 12.5. The molecule has 2 aromatic carbocycles. The first-order valence-electron chi connectivity index (χ1n) is 14.8. The van der Waals surface area contributed by atoms with E-state index in [1.165, 1.54) is 0 Å². The van der Waals surface area contributed by atoms with Crippen molar-refractivity contribution in [2.24, 2.45) is 5.92 Å². The summed E-state index contributed by atoms with van der Waals surface area (Å²) in [5, 5.41) is 9.72. The number of pyridine rings is 2. The van der Waals surface area contributed by atoms with Gasteiger partial charge in [0.25, 0.3) is 0 Å². The molecule has 1 saturated heterocycles. The largest absolute Gasteiger partial charge is 0.481 e. The quantitative estimate of drug-likeness (QED) is 0.253. The number of carbonyl (C=O) groups is 2. The van der Waals surface area contributed by atoms with Crippen molar-refractivity contribution in [3.05, 3.63) is 103 Å². The molecule has 6 rings (SSSR count). The van der Waals surface area contributed by atoms with E-state index in [-0.39, 0.29) is 18.2 Å². The molecule has 1 unspecified atom stereocenters. The lowest BCUT2D eigenvalue weighted by molar-refractivity contribution is -0.142. The highest BCUT2D eigenvalue weighted by Crippen LogP contribution is 2.37. The number of nitrogen functional groups attached to an aromatic ring is 1. The van der Waals surface area contributed by atoms with E-state index in [1.807, 2.05) is 54.7 Å². The number of anilines is 3. The fourth-order valence-electron chi connectivity index (χ4n) is 5.84. The third-order valence-corrected chi connectivity index (χ3v) is 8.26. The van der Waals surface area contributed by atoms with Crippen LogP contribution in [0.1, 0.15) is 36.4 Å². The number of hydrogen-bond acceptors (Lipinski definition) is 7. The predicted molar refractivity (Wildman–Crippen MR) is 167 cm³/mol. The molecule has 2 aliphatic rings. The van der Waals surface area contributed by atoms with E-state index in [1.54, 1.807) is 23.4 Å². The number of nitrogens with two attached hydrogens (primary N) is 1. The van der Waals surface area contributed by atoms with Gasteiger partial charge >= 0.3 is 5.97 Å². The van der Waals surface area contributed by atoms with Crippen LogP contribution in [-0.2, 0) is 16.1 Å². The molecular weight excluding hydrogens is 540 g/mol. The summed E-state index contributed by atoms with van der Waals surface area (Å²) in [4.78, 5) is 40.3. The molecule has 0 radical (unpaired) electrons. The fourth-order valence-corrected chi connectivity index (χ4v) is 5.84. The molecule has 1 aliphatic heterocycles. The van der Waals surface area contributed by atoms with Crippen LogP contribution in [0.25, 0.3) is 11.1 Å². The highest BCUT2D eigenvalue weighted by atomic mass is 16.4. The van der Waals surface area contributed by atoms with Gasteiger partial charge in [-0.3, -0.25) is 14.6 Å². The summed E-state index contributed by atoms with van der Waals surface area (Å²) in [6.07, 6.45) is 6.62. The molecular formula is C34H36N6O3. The maximum Gasteiger partial charge on any atom is 0.305 e. The number of rotatable bonds is 10. The van der Waals surface area contributed by atoms with Crippen LogP contribution in [0.5, 0.6) is 0 Å². The molecule has 4 aromatic rings. The Kier molecular flexibility index (Phi) is 8.22. The maximum atomic E-state index is 13.5. The molecule has 220 valence electrons. The monoisotopic (exact) mass is 576 g/mol. The first-order valence-corrected chi connectivity index (χ1v) is 14.8. The van der Waals surface area contributed by atoms with Crippen molar-refractivity contribution in [1.82, 2.24) is 14.9 Å². The van der Waals surface area contributed by atoms with Crippen molar-refractivity contribution in [3.8, 4) is 11.1 Å². The number of aliphatic carboxylic acids is 1. The Bertz CT molecular complexity index is 1570. The van der Waals surface area contributed by atoms with Crippen LogP contribution in [0.15, 0.2) is 91.4 Å². The zero-order valence-corrected chi connectivity index (χ0v) is 24.0. The van der Waals surface area contributed by atoms with Crippen LogP contribution >= 0.6 is 0 Å². The van der Waals surface area contributed by atoms with E-state index in [0.717, 1.165) is 78.5 Å². The highest BCUT2D eigenvalue weighted by molar-refractivity contribution is 5.82. The molecule has 0 spiro atoms. The molecule has 0 bridgehead atoms. The lowest BCUT2D eigenvalue weighted by atomic mass is 9.99. The number of benzene rings is 2. The molecule has 43 heavy (non-hydrogen) atoms. The van der Waals surface area contributed by atoms with E-state index in [9.17, 15) is 14.7 Å². The van der Waals surface area contributed by atoms with Crippen molar-refractivity contribution in [2.75, 3.05) is 41.7 Å². The molecule has 9 heteroatoms. The normalized spacial score (nSPS) is 15.6. The summed E-state index contributed by atoms with van der Waals surface area (Å²) in [5.74, 6) is -0.00561. The average Bonchev–Trinajstić information content (AvgIpc) is 3.89. The van der Waals surface area contributed by atoms with E-state index in [4.69, 9.17) is 5.73 Å². The third-order valence-electron chi connectivity index (χ3n) is 8.26. The van der Waals surface area contributed by atoms with Crippen LogP contribution in [0, 0.1) is 5.92 Å². The van der Waals surface area contributed by atoms with Gasteiger partial charge in [0.2, 0.25) is 5.91 Å². The van der Waals surface area contributed by atoms with Gasteiger partial charge in [-0.05, 0) is 71.5 Å². The number of piperazine rings is 1. The Morgan fingerprint density at radius 3 is 2.37 bits per heavy atom. The van der Waals surface area contributed by atoms with Crippen molar-refractivity contribution < 1.29 is 14.7 Å². The summed E-state index contributed by atoms with van der Waals surface area (Å²) in [6, 6.07) is 23.2. The Morgan fingerprint density at radius 1 is 0.907 bits per heavy atom. The minimum atomic E-state index is -0.954. The van der Waals surface area contributed by atoms with E-state index in [0.29, 0.717) is 6.54 Å². The smallest absolute Gasteiger partial charge is 0.305 e. The summed E-state index contributed by atoms with van der Waals surface area (Å²) < 4.78 is 0. The van der Waals surface area contributed by atoms with Gasteiger partial charge in [0.05, 0.1) is 23.8 Å². The maximum absolute atomic E-state index is 13.5. The van der Waals surface area contributed by atoms with Crippen molar-refractivity contribution in [2.45, 2.75) is 31.8 Å². The van der Waals surface area contributed by atoms with Crippen LogP contribution in [0.2, 0.25) is 0 Å². The summed E-state index contributed by atoms with van der Waals surface area (Å²) in [7, 11) is 0. The zero-order valence-electron chi connectivity index (χ0n) is 24.0. The van der Waals surface area contributed by atoms with Crippen LogP contribution in [0.3, 0.4) is 0 Å². The summed E-state index contributed by atoms with van der Waals surface area (Å²) in [6.45, 7) is 3.77. The second-order valence-electron chi connectivity index (χ2n) is 11.3. The second-order valence-corrected chi connectivity index (χ2v) is 11.3. The van der Waals surface area contributed by atoms with Gasteiger partial charge < -0.3 is 25.5 Å². The molecule has 1 saturated carbocycles. The van der Waals surface area contributed by atoms with Gasteiger partial charge in [-0.15, -0.1) is 0 Å². The Hall–Kier alpha value is -4.92. The molecule has 3 N–H and O–H groups in total. The predicted octanol–water partition coefficient (Wildman–Crippen LogP) is 5.01.